The van der Waals surface area contributed by atoms with Gasteiger partial charge in [-0.2, -0.15) is 0 Å². The van der Waals surface area contributed by atoms with Crippen molar-refractivity contribution in [2.24, 2.45) is 0 Å². The summed E-state index contributed by atoms with van der Waals surface area (Å²) in [6.45, 7) is 4.91. The Morgan fingerprint density at radius 3 is 0.615 bits per heavy atom. The number of esters is 4. The molecule has 0 heterocycles. The molecule has 0 spiro atoms. The minimum atomic E-state index is -4.96. The maximum Gasteiger partial charge on any atom is 0.472 e. The molecular weight excluding hydrogens is 1260 g/mol. The van der Waals surface area contributed by atoms with E-state index >= 15 is 0 Å². The lowest BCUT2D eigenvalue weighted by Crippen LogP contribution is -2.30. The zero-order chi connectivity index (χ0) is 70.4. The average Bonchev–Trinajstić information content (AvgIpc) is 1.36. The van der Waals surface area contributed by atoms with Crippen LogP contribution in [0.1, 0.15) is 413 Å². The molecule has 0 aliphatic carbocycles. The number of carbonyl (C=O) groups excluding carboxylic acids is 4. The second kappa shape index (κ2) is 71.5. The lowest BCUT2D eigenvalue weighted by molar-refractivity contribution is -0.161. The highest BCUT2D eigenvalue weighted by Crippen LogP contribution is 2.45. The molecule has 0 amide bonds. The normalized spacial score (nSPS) is 13.9. The van der Waals surface area contributed by atoms with Crippen molar-refractivity contribution >= 4 is 39.5 Å². The van der Waals surface area contributed by atoms with Crippen LogP contribution in [0.15, 0.2) is 0 Å². The molecule has 0 aromatic rings. The van der Waals surface area contributed by atoms with Gasteiger partial charge < -0.3 is 33.8 Å². The van der Waals surface area contributed by atoms with Crippen molar-refractivity contribution in [2.75, 3.05) is 39.6 Å². The molecule has 0 bridgehead atoms. The average molecular weight is 1410 g/mol. The number of ether oxygens (including phenoxy) is 4. The van der Waals surface area contributed by atoms with Crippen molar-refractivity contribution in [3.8, 4) is 0 Å². The zero-order valence-corrected chi connectivity index (χ0v) is 64.1. The van der Waals surface area contributed by atoms with Gasteiger partial charge in [-0.05, 0) is 25.7 Å². The lowest BCUT2D eigenvalue weighted by atomic mass is 10.0. The Morgan fingerprint density at radius 2 is 0.417 bits per heavy atom. The molecule has 5 atom stereocenters. The molecule has 0 aliphatic rings. The first kappa shape index (κ1) is 94.1. The zero-order valence-electron chi connectivity index (χ0n) is 62.4. The number of phosphoric acid groups is 2. The summed E-state index contributed by atoms with van der Waals surface area (Å²) >= 11 is 0. The summed E-state index contributed by atoms with van der Waals surface area (Å²) in [4.78, 5) is 72.6. The van der Waals surface area contributed by atoms with E-state index in [4.69, 9.17) is 37.0 Å². The fraction of sp³-hybridized carbons (Fsp3) is 0.948. The summed E-state index contributed by atoms with van der Waals surface area (Å²) in [5, 5.41) is 10.6. The van der Waals surface area contributed by atoms with Crippen LogP contribution in [0.4, 0.5) is 0 Å². The van der Waals surface area contributed by atoms with E-state index in [1.54, 1.807) is 0 Å². The molecule has 0 saturated heterocycles. The van der Waals surface area contributed by atoms with Gasteiger partial charge in [0.05, 0.1) is 26.4 Å². The molecule has 0 rings (SSSR count). The number of unbranched alkanes of at least 4 members (excludes halogenated alkanes) is 52. The molecule has 0 aromatic heterocycles. The van der Waals surface area contributed by atoms with Gasteiger partial charge >= 0.3 is 39.5 Å². The van der Waals surface area contributed by atoms with E-state index < -0.39 is 97.5 Å². The lowest BCUT2D eigenvalue weighted by Gasteiger charge is -2.21. The number of aliphatic hydroxyl groups is 1. The quantitative estimate of drug-likeness (QED) is 0.0222. The third kappa shape index (κ3) is 70.5. The highest BCUT2D eigenvalue weighted by molar-refractivity contribution is 7.47. The Bertz CT molecular complexity index is 1830. The highest BCUT2D eigenvalue weighted by atomic mass is 31.2. The monoisotopic (exact) mass is 1410 g/mol. The first-order valence-electron chi connectivity index (χ1n) is 40.3. The molecule has 2 unspecified atom stereocenters. The third-order valence-corrected chi connectivity index (χ3v) is 20.0. The van der Waals surface area contributed by atoms with Crippen molar-refractivity contribution in [1.29, 1.82) is 0 Å². The van der Waals surface area contributed by atoms with Crippen LogP contribution in [0.25, 0.3) is 0 Å². The molecule has 0 aromatic carbocycles. The number of hydrogen-bond acceptors (Lipinski definition) is 15. The molecule has 0 aliphatic heterocycles. The summed E-state index contributed by atoms with van der Waals surface area (Å²) in [7, 11) is -9.90. The summed E-state index contributed by atoms with van der Waals surface area (Å²) in [5.41, 5.74) is 0. The van der Waals surface area contributed by atoms with E-state index in [1.165, 1.54) is 238 Å². The fourth-order valence-corrected chi connectivity index (χ4v) is 13.5. The Kier molecular flexibility index (Phi) is 70.0. The first-order valence-corrected chi connectivity index (χ1v) is 43.3. The van der Waals surface area contributed by atoms with E-state index in [9.17, 15) is 43.2 Å². The van der Waals surface area contributed by atoms with Crippen LogP contribution in [-0.2, 0) is 65.4 Å². The molecule has 0 saturated carbocycles. The summed E-state index contributed by atoms with van der Waals surface area (Å²) in [5.74, 6) is -2.12. The number of phosphoric ester groups is 2. The van der Waals surface area contributed by atoms with Crippen molar-refractivity contribution in [2.45, 2.75) is 431 Å². The third-order valence-electron chi connectivity index (χ3n) is 18.1. The molecule has 96 heavy (non-hydrogen) atoms. The Hall–Kier alpha value is -1.94. The van der Waals surface area contributed by atoms with Gasteiger partial charge in [-0.25, -0.2) is 9.13 Å². The van der Waals surface area contributed by atoms with Gasteiger partial charge in [0.25, 0.3) is 0 Å². The maximum absolute atomic E-state index is 13.1. The predicted molar refractivity (Wildman–Crippen MR) is 391 cm³/mol. The van der Waals surface area contributed by atoms with Crippen LogP contribution in [0.3, 0.4) is 0 Å². The van der Waals surface area contributed by atoms with Crippen molar-refractivity contribution in [3.63, 3.8) is 0 Å². The van der Waals surface area contributed by atoms with E-state index in [-0.39, 0.29) is 25.7 Å². The smallest absolute Gasteiger partial charge is 0.462 e. The van der Waals surface area contributed by atoms with Crippen LogP contribution in [0, 0.1) is 0 Å². The summed E-state index contributed by atoms with van der Waals surface area (Å²) in [6, 6.07) is 0. The SMILES string of the molecule is CCCCCCCCCCCCCCCCCCCCCC(=O)OC[C@H](COP(=O)(O)OC[C@@H](O)COP(=O)(O)OC[C@@H](COC(=O)CCCCCCC)OC(=O)CCCCCCCCCCCCCCC)OC(=O)CCCCCCCCCCCCCCCCCCCCC. The summed E-state index contributed by atoms with van der Waals surface area (Å²) in [6.07, 6.45) is 62.9. The van der Waals surface area contributed by atoms with Crippen LogP contribution < -0.4 is 0 Å². The van der Waals surface area contributed by atoms with Crippen molar-refractivity contribution in [1.82, 2.24) is 0 Å². The number of aliphatic hydroxyl groups excluding tert-OH is 1. The Labute approximate surface area is 588 Å². The minimum Gasteiger partial charge on any atom is -0.462 e. The fourth-order valence-electron chi connectivity index (χ4n) is 11.9. The van der Waals surface area contributed by atoms with E-state index in [1.807, 2.05) is 0 Å². The van der Waals surface area contributed by atoms with Gasteiger partial charge in [-0.15, -0.1) is 0 Å². The van der Waals surface area contributed by atoms with Crippen LogP contribution >= 0.6 is 15.6 Å². The molecule has 3 N–H and O–H groups in total. The van der Waals surface area contributed by atoms with E-state index in [0.717, 1.165) is 96.3 Å². The standard InChI is InChI=1S/C77H150O17P2/c1-5-9-13-17-20-23-26-29-31-33-35-37-39-42-44-47-50-54-58-62-75(80)88-68-73(94-77(82)64-60-56-52-49-46-43-40-38-36-34-32-30-27-24-21-18-14-10-6-2)70-92-96(85,86)90-66-71(78)65-89-95(83,84)91-69-72(67-87-74(79)61-57-53-16-12-8-4)93-76(81)63-59-55-51-48-45-41-28-25-22-19-15-11-7-3/h71-73,78H,5-70H2,1-4H3,(H,83,84)(H,85,86)/t71-,72+,73+/m0/s1. The molecular formula is C77H150O17P2. The number of hydrogen-bond donors (Lipinski definition) is 3. The van der Waals surface area contributed by atoms with Crippen LogP contribution in [-0.4, -0.2) is 96.7 Å². The van der Waals surface area contributed by atoms with Crippen LogP contribution in [0.2, 0.25) is 0 Å². The van der Waals surface area contributed by atoms with Crippen molar-refractivity contribution in [3.05, 3.63) is 0 Å². The molecule has 570 valence electrons. The minimum absolute atomic E-state index is 0.107. The van der Waals surface area contributed by atoms with Gasteiger partial charge in [-0.3, -0.25) is 37.3 Å². The number of carbonyl (C=O) groups is 4. The summed E-state index contributed by atoms with van der Waals surface area (Å²) < 4.78 is 68.3. The van der Waals surface area contributed by atoms with Gasteiger partial charge in [-0.1, -0.05) is 362 Å². The van der Waals surface area contributed by atoms with Gasteiger partial charge in [0.2, 0.25) is 0 Å². The second-order valence-electron chi connectivity index (χ2n) is 27.7. The Morgan fingerprint density at radius 1 is 0.250 bits per heavy atom. The van der Waals surface area contributed by atoms with Crippen molar-refractivity contribution < 1.29 is 80.2 Å². The van der Waals surface area contributed by atoms with Gasteiger partial charge in [0.1, 0.15) is 19.3 Å². The van der Waals surface area contributed by atoms with Crippen LogP contribution in [0.5, 0.6) is 0 Å². The Balaban J connectivity index is 5.12. The molecule has 0 fully saturated rings. The second-order valence-corrected chi connectivity index (χ2v) is 30.7. The largest absolute Gasteiger partial charge is 0.472 e. The maximum atomic E-state index is 13.1. The highest BCUT2D eigenvalue weighted by Gasteiger charge is 2.30. The molecule has 17 nitrogen and oxygen atoms in total. The molecule has 19 heteroatoms. The van der Waals surface area contributed by atoms with Gasteiger partial charge in [0.15, 0.2) is 12.2 Å². The van der Waals surface area contributed by atoms with E-state index in [2.05, 4.69) is 27.7 Å². The molecule has 0 radical (unpaired) electrons. The number of rotatable bonds is 78. The van der Waals surface area contributed by atoms with E-state index in [0.29, 0.717) is 25.7 Å². The van der Waals surface area contributed by atoms with Gasteiger partial charge in [0, 0.05) is 25.7 Å². The first-order chi connectivity index (χ1) is 46.7. The predicted octanol–water partition coefficient (Wildman–Crippen LogP) is 23.0. The topological polar surface area (TPSA) is 237 Å².